The lowest BCUT2D eigenvalue weighted by atomic mass is 10.0. The normalized spacial score (nSPS) is 14.9. The van der Waals surface area contributed by atoms with Crippen LogP contribution in [0.3, 0.4) is 0 Å². The molecule has 146 valence electrons. The van der Waals surface area contributed by atoms with Gasteiger partial charge in [-0.3, -0.25) is 0 Å². The summed E-state index contributed by atoms with van der Waals surface area (Å²) >= 11 is 5.95. The van der Waals surface area contributed by atoms with Crippen LogP contribution in [0.15, 0.2) is 59.3 Å². The topological polar surface area (TPSA) is 47.9 Å². The van der Waals surface area contributed by atoms with E-state index in [2.05, 4.69) is 12.1 Å². The summed E-state index contributed by atoms with van der Waals surface area (Å²) in [5, 5.41) is 4.57. The monoisotopic (exact) mass is 397 g/mol. The molecule has 0 radical (unpaired) electrons. The Kier molecular flexibility index (Phi) is 7.26. The van der Waals surface area contributed by atoms with Crippen molar-refractivity contribution >= 4 is 29.4 Å². The maximum absolute atomic E-state index is 12.2. The van der Waals surface area contributed by atoms with Gasteiger partial charge in [-0.05, 0) is 30.7 Å². The second-order valence-electron chi connectivity index (χ2n) is 6.68. The fourth-order valence-electron chi connectivity index (χ4n) is 3.00. The smallest absolute Gasteiger partial charge is 0.368 e. The molecule has 0 unspecified atom stereocenters. The molecule has 0 spiro atoms. The van der Waals surface area contributed by atoms with Gasteiger partial charge in [0.1, 0.15) is 11.5 Å². The summed E-state index contributed by atoms with van der Waals surface area (Å²) in [6.45, 7) is 2.86. The minimum absolute atomic E-state index is 0.404. The van der Waals surface area contributed by atoms with Crippen LogP contribution in [0.25, 0.3) is 6.08 Å². The Labute approximate surface area is 170 Å². The van der Waals surface area contributed by atoms with Crippen molar-refractivity contribution in [2.24, 2.45) is 5.16 Å². The number of unbranched alkanes of at least 4 members (excludes halogenated alkanes) is 4. The minimum Gasteiger partial charge on any atom is -0.493 e. The molecule has 28 heavy (non-hydrogen) atoms. The Morgan fingerprint density at radius 3 is 2.57 bits per heavy atom. The van der Waals surface area contributed by atoms with Crippen molar-refractivity contribution in [1.82, 2.24) is 0 Å². The lowest BCUT2D eigenvalue weighted by Gasteiger charge is -2.10. The summed E-state index contributed by atoms with van der Waals surface area (Å²) in [4.78, 5) is 17.1. The molecule has 0 amide bonds. The van der Waals surface area contributed by atoms with Gasteiger partial charge in [-0.1, -0.05) is 79.7 Å². The Morgan fingerprint density at radius 2 is 1.79 bits per heavy atom. The van der Waals surface area contributed by atoms with Gasteiger partial charge in [0, 0.05) is 16.1 Å². The van der Waals surface area contributed by atoms with Crippen molar-refractivity contribution in [1.29, 1.82) is 0 Å². The van der Waals surface area contributed by atoms with Crippen molar-refractivity contribution in [3.05, 3.63) is 70.3 Å². The molecule has 0 fully saturated rings. The zero-order valence-electron chi connectivity index (χ0n) is 16.0. The van der Waals surface area contributed by atoms with Gasteiger partial charge >= 0.3 is 5.97 Å². The Balaban J connectivity index is 1.75. The molecule has 1 aliphatic rings. The fraction of sp³-hybridized carbons (Fsp3) is 0.304. The molecule has 0 bridgehead atoms. The molecule has 0 atom stereocenters. The summed E-state index contributed by atoms with van der Waals surface area (Å²) in [6.07, 6.45) is 7.68. The highest BCUT2D eigenvalue weighted by Crippen LogP contribution is 2.26. The van der Waals surface area contributed by atoms with Crippen molar-refractivity contribution in [2.45, 2.75) is 39.0 Å². The SMILES string of the molecule is CCCCCCCOc1ccccc1/C=C1/C(=O)ON=C1c1ccc(Cl)cc1. The molecule has 0 saturated carbocycles. The Morgan fingerprint density at radius 1 is 1.04 bits per heavy atom. The zero-order chi connectivity index (χ0) is 19.8. The predicted molar refractivity (Wildman–Crippen MR) is 113 cm³/mol. The number of rotatable bonds is 9. The molecule has 1 heterocycles. The van der Waals surface area contributed by atoms with Crippen LogP contribution in [0.4, 0.5) is 0 Å². The van der Waals surface area contributed by atoms with Crippen LogP contribution in [0, 0.1) is 0 Å². The van der Waals surface area contributed by atoms with Gasteiger partial charge in [0.05, 0.1) is 12.2 Å². The van der Waals surface area contributed by atoms with Gasteiger partial charge in [-0.25, -0.2) is 4.79 Å². The van der Waals surface area contributed by atoms with E-state index < -0.39 is 5.97 Å². The highest BCUT2D eigenvalue weighted by molar-refractivity contribution is 6.32. The van der Waals surface area contributed by atoms with Crippen LogP contribution in [-0.2, 0) is 9.63 Å². The van der Waals surface area contributed by atoms with Crippen molar-refractivity contribution < 1.29 is 14.4 Å². The number of oxime groups is 1. The first kappa shape index (κ1) is 20.2. The third kappa shape index (κ3) is 5.23. The van der Waals surface area contributed by atoms with Crippen molar-refractivity contribution in [3.63, 3.8) is 0 Å². The van der Waals surface area contributed by atoms with Gasteiger partial charge in [0.25, 0.3) is 0 Å². The molecule has 2 aromatic rings. The van der Waals surface area contributed by atoms with E-state index in [0.29, 0.717) is 22.9 Å². The average molecular weight is 398 g/mol. The van der Waals surface area contributed by atoms with E-state index in [4.69, 9.17) is 21.2 Å². The van der Waals surface area contributed by atoms with Crippen LogP contribution in [0.2, 0.25) is 5.02 Å². The van der Waals surface area contributed by atoms with E-state index >= 15 is 0 Å². The maximum Gasteiger partial charge on any atom is 0.368 e. The lowest BCUT2D eigenvalue weighted by Crippen LogP contribution is -2.07. The van der Waals surface area contributed by atoms with E-state index in [1.807, 2.05) is 36.4 Å². The molecule has 0 aromatic heterocycles. The van der Waals surface area contributed by atoms with Crippen molar-refractivity contribution in [3.8, 4) is 5.75 Å². The number of hydrogen-bond acceptors (Lipinski definition) is 4. The molecule has 5 heteroatoms. The number of benzene rings is 2. The summed E-state index contributed by atoms with van der Waals surface area (Å²) in [5.74, 6) is 0.278. The molecule has 1 aliphatic heterocycles. The summed E-state index contributed by atoms with van der Waals surface area (Å²) in [6, 6.07) is 14.8. The molecule has 4 nitrogen and oxygen atoms in total. The van der Waals surface area contributed by atoms with Gasteiger partial charge < -0.3 is 9.57 Å². The summed E-state index contributed by atoms with van der Waals surface area (Å²) < 4.78 is 5.97. The van der Waals surface area contributed by atoms with E-state index in [1.165, 1.54) is 19.3 Å². The molecule has 0 saturated heterocycles. The third-order valence-electron chi connectivity index (χ3n) is 4.54. The zero-order valence-corrected chi connectivity index (χ0v) is 16.7. The number of nitrogens with zero attached hydrogens (tertiary/aromatic N) is 1. The Hall–Kier alpha value is -2.59. The molecule has 0 N–H and O–H groups in total. The van der Waals surface area contributed by atoms with Crippen LogP contribution < -0.4 is 4.74 Å². The number of para-hydroxylation sites is 1. The predicted octanol–water partition coefficient (Wildman–Crippen LogP) is 6.03. The fourth-order valence-corrected chi connectivity index (χ4v) is 3.13. The first-order valence-corrected chi connectivity index (χ1v) is 10.1. The highest BCUT2D eigenvalue weighted by atomic mass is 35.5. The van der Waals surface area contributed by atoms with Crippen LogP contribution in [0.5, 0.6) is 5.75 Å². The van der Waals surface area contributed by atoms with E-state index in [0.717, 1.165) is 29.7 Å². The highest BCUT2D eigenvalue weighted by Gasteiger charge is 2.27. The molecular formula is C23H24ClNO3. The number of hydrogen-bond donors (Lipinski definition) is 0. The summed E-state index contributed by atoms with van der Waals surface area (Å²) in [5.41, 5.74) is 2.50. The van der Waals surface area contributed by atoms with Gasteiger partial charge in [0.2, 0.25) is 0 Å². The van der Waals surface area contributed by atoms with Crippen LogP contribution in [-0.4, -0.2) is 18.3 Å². The van der Waals surface area contributed by atoms with Gasteiger partial charge in [-0.2, -0.15) is 0 Å². The second-order valence-corrected chi connectivity index (χ2v) is 7.12. The minimum atomic E-state index is -0.473. The second kappa shape index (κ2) is 10.1. The van der Waals surface area contributed by atoms with E-state index in [9.17, 15) is 4.79 Å². The molecule has 2 aromatic carbocycles. The number of halogens is 1. The van der Waals surface area contributed by atoms with Gasteiger partial charge in [0.15, 0.2) is 0 Å². The van der Waals surface area contributed by atoms with Crippen molar-refractivity contribution in [2.75, 3.05) is 6.61 Å². The first-order valence-electron chi connectivity index (χ1n) is 9.68. The molecule has 0 aliphatic carbocycles. The third-order valence-corrected chi connectivity index (χ3v) is 4.79. The maximum atomic E-state index is 12.2. The number of carbonyl (C=O) groups excluding carboxylic acids is 1. The molecular weight excluding hydrogens is 374 g/mol. The van der Waals surface area contributed by atoms with Crippen LogP contribution >= 0.6 is 11.6 Å². The number of ether oxygens (including phenoxy) is 1. The molecule has 3 rings (SSSR count). The summed E-state index contributed by atoms with van der Waals surface area (Å²) in [7, 11) is 0. The standard InChI is InChI=1S/C23H24ClNO3/c1-2-3-4-5-8-15-27-21-10-7-6-9-18(21)16-20-22(25-28-23(20)26)17-11-13-19(24)14-12-17/h6-7,9-14,16H,2-5,8,15H2,1H3/b20-16+. The van der Waals surface area contributed by atoms with E-state index in [1.54, 1.807) is 18.2 Å². The van der Waals surface area contributed by atoms with Crippen LogP contribution in [0.1, 0.15) is 50.2 Å². The largest absolute Gasteiger partial charge is 0.493 e. The van der Waals surface area contributed by atoms with E-state index in [-0.39, 0.29) is 0 Å². The number of carbonyl (C=O) groups is 1. The Bertz CT molecular complexity index is 872. The quantitative estimate of drug-likeness (QED) is 0.294. The first-order chi connectivity index (χ1) is 13.7. The average Bonchev–Trinajstić information content (AvgIpc) is 3.07. The lowest BCUT2D eigenvalue weighted by molar-refractivity contribution is -0.136. The van der Waals surface area contributed by atoms with Gasteiger partial charge in [-0.15, -0.1) is 0 Å².